The quantitative estimate of drug-likeness (QED) is 0.231. The molecule has 0 saturated carbocycles. The number of carbonyl (C=O) groups is 3. The molecule has 0 fully saturated rings. The Bertz CT molecular complexity index is 1240. The van der Waals surface area contributed by atoms with Gasteiger partial charge in [-0.25, -0.2) is 5.43 Å². The highest BCUT2D eigenvalue weighted by atomic mass is 79.9. The van der Waals surface area contributed by atoms with Gasteiger partial charge in [0.1, 0.15) is 5.75 Å². The van der Waals surface area contributed by atoms with Crippen LogP contribution < -0.4 is 20.8 Å². The van der Waals surface area contributed by atoms with Gasteiger partial charge in [0.2, 0.25) is 0 Å². The summed E-state index contributed by atoms with van der Waals surface area (Å²) in [5.41, 5.74) is 6.37. The fourth-order valence-corrected chi connectivity index (χ4v) is 3.21. The fourth-order valence-electron chi connectivity index (χ4n) is 2.96. The van der Waals surface area contributed by atoms with Crippen molar-refractivity contribution in [2.75, 3.05) is 11.9 Å². The van der Waals surface area contributed by atoms with Gasteiger partial charge in [0.15, 0.2) is 6.61 Å². The molecule has 0 radical (unpaired) electrons. The van der Waals surface area contributed by atoms with Crippen LogP contribution in [0.3, 0.4) is 0 Å². The number of para-hydroxylation sites is 1. The second-order valence-electron chi connectivity index (χ2n) is 7.71. The molecule has 3 N–H and O–H groups in total. The maximum atomic E-state index is 12.3. The van der Waals surface area contributed by atoms with Crippen molar-refractivity contribution in [3.63, 3.8) is 0 Å². The van der Waals surface area contributed by atoms with E-state index in [9.17, 15) is 14.4 Å². The van der Waals surface area contributed by atoms with Crippen LogP contribution in [-0.4, -0.2) is 30.5 Å². The summed E-state index contributed by atoms with van der Waals surface area (Å²) in [5.74, 6) is -1.61. The van der Waals surface area contributed by atoms with E-state index < -0.39 is 11.8 Å². The van der Waals surface area contributed by atoms with Gasteiger partial charge in [-0.1, -0.05) is 57.9 Å². The number of halogens is 1. The van der Waals surface area contributed by atoms with Crippen molar-refractivity contribution < 1.29 is 19.1 Å². The Kier molecular flexibility index (Phi) is 9.14. The minimum atomic E-state index is -0.893. The second kappa shape index (κ2) is 12.5. The Hall–Kier alpha value is -3.98. The smallest absolute Gasteiger partial charge is 0.329 e. The maximum Gasteiger partial charge on any atom is 0.329 e. The lowest BCUT2D eigenvalue weighted by Gasteiger charge is -2.10. The van der Waals surface area contributed by atoms with Gasteiger partial charge in [0.05, 0.1) is 6.21 Å². The van der Waals surface area contributed by atoms with Crippen molar-refractivity contribution in [1.29, 1.82) is 0 Å². The number of nitrogens with zero attached hydrogens (tertiary/aromatic N) is 1. The highest BCUT2D eigenvalue weighted by Crippen LogP contribution is 2.20. The van der Waals surface area contributed by atoms with Crippen LogP contribution in [0.2, 0.25) is 0 Å². The summed E-state index contributed by atoms with van der Waals surface area (Å²) >= 11 is 3.42. The predicted molar refractivity (Wildman–Crippen MR) is 138 cm³/mol. The number of benzene rings is 3. The summed E-state index contributed by atoms with van der Waals surface area (Å²) in [6.07, 6.45) is 1.34. The number of hydrogen-bond donors (Lipinski definition) is 3. The topological polar surface area (TPSA) is 109 Å². The van der Waals surface area contributed by atoms with Gasteiger partial charge in [0.25, 0.3) is 5.91 Å². The van der Waals surface area contributed by atoms with Gasteiger partial charge in [-0.3, -0.25) is 14.4 Å². The molecule has 0 unspecified atom stereocenters. The largest absolute Gasteiger partial charge is 0.483 e. The van der Waals surface area contributed by atoms with Crippen LogP contribution >= 0.6 is 15.9 Å². The molecule has 0 heterocycles. The van der Waals surface area contributed by atoms with Crippen LogP contribution in [0.1, 0.15) is 22.3 Å². The van der Waals surface area contributed by atoms with E-state index in [0.717, 1.165) is 21.2 Å². The monoisotopic (exact) mass is 536 g/mol. The lowest BCUT2D eigenvalue weighted by atomic mass is 10.1. The van der Waals surface area contributed by atoms with E-state index in [0.29, 0.717) is 17.0 Å². The van der Waals surface area contributed by atoms with Crippen LogP contribution in [-0.2, 0) is 20.9 Å². The zero-order chi connectivity index (χ0) is 25.2. The molecule has 0 saturated heterocycles. The van der Waals surface area contributed by atoms with E-state index in [1.807, 2.05) is 50.2 Å². The van der Waals surface area contributed by atoms with Crippen molar-refractivity contribution in [3.05, 3.63) is 93.5 Å². The van der Waals surface area contributed by atoms with Crippen LogP contribution in [0, 0.1) is 13.8 Å². The van der Waals surface area contributed by atoms with Crippen LogP contribution in [0.15, 0.2) is 76.3 Å². The van der Waals surface area contributed by atoms with Gasteiger partial charge in [-0.05, 0) is 55.3 Å². The first-order valence-corrected chi connectivity index (χ1v) is 11.6. The van der Waals surface area contributed by atoms with Crippen molar-refractivity contribution in [2.45, 2.75) is 20.4 Å². The van der Waals surface area contributed by atoms with Gasteiger partial charge >= 0.3 is 11.8 Å². The lowest BCUT2D eigenvalue weighted by molar-refractivity contribution is -0.139. The lowest BCUT2D eigenvalue weighted by Crippen LogP contribution is -2.37. The molecule has 0 aliphatic rings. The molecule has 3 aromatic carbocycles. The molecule has 180 valence electrons. The average molecular weight is 537 g/mol. The summed E-state index contributed by atoms with van der Waals surface area (Å²) in [6.45, 7) is 3.91. The predicted octanol–water partition coefficient (Wildman–Crippen LogP) is 3.85. The van der Waals surface area contributed by atoms with Crippen molar-refractivity contribution in [3.8, 4) is 5.75 Å². The van der Waals surface area contributed by atoms with Crippen LogP contribution in [0.25, 0.3) is 0 Å². The summed E-state index contributed by atoms with van der Waals surface area (Å²) in [4.78, 5) is 36.3. The number of anilines is 1. The summed E-state index contributed by atoms with van der Waals surface area (Å²) in [7, 11) is 0. The number of hydrogen-bond acceptors (Lipinski definition) is 5. The van der Waals surface area contributed by atoms with Gasteiger partial charge in [-0.2, -0.15) is 5.10 Å². The van der Waals surface area contributed by atoms with Crippen LogP contribution in [0.5, 0.6) is 5.75 Å². The molecule has 0 spiro atoms. The molecule has 3 amide bonds. The van der Waals surface area contributed by atoms with E-state index in [4.69, 9.17) is 4.74 Å². The third-order valence-corrected chi connectivity index (χ3v) is 5.76. The summed E-state index contributed by atoms with van der Waals surface area (Å²) in [6, 6.07) is 20.0. The number of amides is 3. The first kappa shape index (κ1) is 25.6. The van der Waals surface area contributed by atoms with Crippen molar-refractivity contribution >= 4 is 45.6 Å². The molecule has 0 aromatic heterocycles. The van der Waals surface area contributed by atoms with E-state index in [1.54, 1.807) is 30.3 Å². The molecule has 0 aliphatic carbocycles. The first-order chi connectivity index (χ1) is 16.8. The zero-order valence-corrected chi connectivity index (χ0v) is 20.9. The SMILES string of the molecule is Cc1ccc(CNC(=O)C(=O)N/N=C\c2ccccc2OCC(=O)Nc2ccc(Br)c(C)c2)cc1. The number of rotatable bonds is 8. The maximum absolute atomic E-state index is 12.3. The van der Waals surface area contributed by atoms with E-state index in [2.05, 4.69) is 37.1 Å². The van der Waals surface area contributed by atoms with Gasteiger partial charge in [0, 0.05) is 22.3 Å². The molecular weight excluding hydrogens is 512 g/mol. The Morgan fingerprint density at radius 2 is 1.71 bits per heavy atom. The van der Waals surface area contributed by atoms with Crippen molar-refractivity contribution in [2.24, 2.45) is 5.10 Å². The summed E-state index contributed by atoms with van der Waals surface area (Å²) in [5, 5.41) is 9.15. The van der Waals surface area contributed by atoms with Crippen molar-refractivity contribution in [1.82, 2.24) is 10.7 Å². The van der Waals surface area contributed by atoms with E-state index in [1.165, 1.54) is 6.21 Å². The third-order valence-electron chi connectivity index (χ3n) is 4.87. The zero-order valence-electron chi connectivity index (χ0n) is 19.3. The Morgan fingerprint density at radius 1 is 0.971 bits per heavy atom. The fraction of sp³-hybridized carbons (Fsp3) is 0.154. The molecule has 8 nitrogen and oxygen atoms in total. The molecular formula is C26H25BrN4O4. The second-order valence-corrected chi connectivity index (χ2v) is 8.56. The molecule has 0 aliphatic heterocycles. The minimum absolute atomic E-state index is 0.215. The Morgan fingerprint density at radius 3 is 2.46 bits per heavy atom. The highest BCUT2D eigenvalue weighted by molar-refractivity contribution is 9.10. The molecule has 9 heteroatoms. The molecule has 0 bridgehead atoms. The molecule has 35 heavy (non-hydrogen) atoms. The highest BCUT2D eigenvalue weighted by Gasteiger charge is 2.12. The van der Waals surface area contributed by atoms with E-state index >= 15 is 0 Å². The normalized spacial score (nSPS) is 10.6. The molecule has 3 rings (SSSR count). The van der Waals surface area contributed by atoms with Gasteiger partial charge < -0.3 is 15.4 Å². The summed E-state index contributed by atoms with van der Waals surface area (Å²) < 4.78 is 6.58. The molecule has 3 aromatic rings. The van der Waals surface area contributed by atoms with Crippen LogP contribution in [0.4, 0.5) is 5.69 Å². The Balaban J connectivity index is 1.49. The Labute approximate surface area is 211 Å². The first-order valence-electron chi connectivity index (χ1n) is 10.8. The number of aryl methyl sites for hydroxylation is 2. The standard InChI is InChI=1S/C26H25BrN4O4/c1-17-7-9-19(10-8-17)14-28-25(33)26(34)31-29-15-20-5-3-4-6-23(20)35-16-24(32)30-21-11-12-22(27)18(2)13-21/h3-13,15H,14,16H2,1-2H3,(H,28,33)(H,30,32)(H,31,34)/b29-15-. The number of nitrogens with one attached hydrogen (secondary N) is 3. The average Bonchev–Trinajstić information content (AvgIpc) is 2.85. The molecule has 0 atom stereocenters. The number of carbonyl (C=O) groups excluding carboxylic acids is 3. The third kappa shape index (κ3) is 8.08. The van der Waals surface area contributed by atoms with E-state index in [-0.39, 0.29) is 19.1 Å². The minimum Gasteiger partial charge on any atom is -0.483 e. The number of ether oxygens (including phenoxy) is 1. The van der Waals surface area contributed by atoms with Gasteiger partial charge in [-0.15, -0.1) is 0 Å². The number of hydrazone groups is 1.